The molecule has 0 saturated heterocycles. The summed E-state index contributed by atoms with van der Waals surface area (Å²) in [5.41, 5.74) is -0.957. The van der Waals surface area contributed by atoms with Gasteiger partial charge in [0.25, 0.3) is 5.56 Å². The lowest BCUT2D eigenvalue weighted by molar-refractivity contribution is 0.562. The topological polar surface area (TPSA) is 54.9 Å². The number of aromatic nitrogens is 2. The van der Waals surface area contributed by atoms with E-state index in [1.165, 1.54) is 12.3 Å². The Morgan fingerprint density at radius 1 is 1.28 bits per heavy atom. The SMILES string of the molecule is O=c1[nH]c(=O)n(Cc2ccc(F)cc2F)cc1I. The number of rotatable bonds is 2. The molecule has 0 aliphatic rings. The number of H-pyrrole nitrogens is 1. The van der Waals surface area contributed by atoms with Crippen LogP contribution in [0.2, 0.25) is 0 Å². The molecular formula is C11H7F2IN2O2. The highest BCUT2D eigenvalue weighted by molar-refractivity contribution is 14.1. The van der Waals surface area contributed by atoms with Crippen LogP contribution < -0.4 is 11.2 Å². The zero-order valence-corrected chi connectivity index (χ0v) is 11.1. The fourth-order valence-corrected chi connectivity index (χ4v) is 1.90. The van der Waals surface area contributed by atoms with E-state index in [2.05, 4.69) is 4.98 Å². The molecule has 2 aromatic rings. The van der Waals surface area contributed by atoms with Crippen LogP contribution in [0.25, 0.3) is 0 Å². The summed E-state index contributed by atoms with van der Waals surface area (Å²) in [5.74, 6) is -1.41. The van der Waals surface area contributed by atoms with E-state index in [1.807, 2.05) is 0 Å². The molecule has 0 saturated carbocycles. The van der Waals surface area contributed by atoms with Gasteiger partial charge in [-0.2, -0.15) is 0 Å². The molecule has 0 aliphatic carbocycles. The van der Waals surface area contributed by atoms with Crippen LogP contribution in [0.15, 0.2) is 34.0 Å². The minimum atomic E-state index is -0.733. The van der Waals surface area contributed by atoms with Gasteiger partial charge in [0.1, 0.15) is 11.6 Å². The van der Waals surface area contributed by atoms with Gasteiger partial charge in [-0.25, -0.2) is 13.6 Å². The first kappa shape index (κ1) is 12.9. The van der Waals surface area contributed by atoms with E-state index in [4.69, 9.17) is 0 Å². The van der Waals surface area contributed by atoms with E-state index in [9.17, 15) is 18.4 Å². The van der Waals surface area contributed by atoms with Crippen LogP contribution in [-0.2, 0) is 6.54 Å². The molecule has 0 fully saturated rings. The van der Waals surface area contributed by atoms with Gasteiger partial charge >= 0.3 is 5.69 Å². The summed E-state index contributed by atoms with van der Waals surface area (Å²) in [6.45, 7) is -0.0717. The monoisotopic (exact) mass is 364 g/mol. The van der Waals surface area contributed by atoms with Gasteiger partial charge < -0.3 is 0 Å². The molecule has 7 heteroatoms. The van der Waals surface area contributed by atoms with Crippen LogP contribution in [0.5, 0.6) is 0 Å². The van der Waals surface area contributed by atoms with Crippen molar-refractivity contribution >= 4 is 22.6 Å². The fraction of sp³-hybridized carbons (Fsp3) is 0.0909. The van der Waals surface area contributed by atoms with Gasteiger partial charge in [-0.3, -0.25) is 14.3 Å². The molecule has 2 rings (SSSR count). The number of benzene rings is 1. The molecule has 1 N–H and O–H groups in total. The Labute approximate surface area is 113 Å². The number of nitrogens with one attached hydrogen (secondary N) is 1. The summed E-state index contributed by atoms with van der Waals surface area (Å²) in [4.78, 5) is 24.7. The Kier molecular flexibility index (Phi) is 3.60. The van der Waals surface area contributed by atoms with Crippen molar-refractivity contribution < 1.29 is 8.78 Å². The van der Waals surface area contributed by atoms with Crippen LogP contribution in [-0.4, -0.2) is 9.55 Å². The van der Waals surface area contributed by atoms with E-state index in [0.29, 0.717) is 3.57 Å². The average Bonchev–Trinajstić information content (AvgIpc) is 2.29. The predicted octanol–water partition coefficient (Wildman–Crippen LogP) is 1.47. The number of hydrogen-bond acceptors (Lipinski definition) is 2. The van der Waals surface area contributed by atoms with Crippen molar-refractivity contribution in [3.8, 4) is 0 Å². The van der Waals surface area contributed by atoms with Gasteiger partial charge in [-0.05, 0) is 28.7 Å². The first-order valence-corrected chi connectivity index (χ1v) is 5.98. The Hall–Kier alpha value is -1.51. The molecule has 1 aromatic carbocycles. The molecule has 4 nitrogen and oxygen atoms in total. The second-order valence-electron chi connectivity index (χ2n) is 3.60. The molecule has 0 aliphatic heterocycles. The van der Waals surface area contributed by atoms with Crippen molar-refractivity contribution in [1.29, 1.82) is 0 Å². The molecule has 1 aromatic heterocycles. The predicted molar refractivity (Wildman–Crippen MR) is 69.5 cm³/mol. The van der Waals surface area contributed by atoms with E-state index in [1.54, 1.807) is 22.6 Å². The van der Waals surface area contributed by atoms with Crippen molar-refractivity contribution in [2.24, 2.45) is 0 Å². The largest absolute Gasteiger partial charge is 0.328 e. The molecule has 0 atom stereocenters. The third kappa shape index (κ3) is 2.66. The Bertz CT molecular complexity index is 709. The summed E-state index contributed by atoms with van der Waals surface area (Å²) >= 11 is 1.77. The molecule has 18 heavy (non-hydrogen) atoms. The molecule has 0 unspecified atom stereocenters. The minimum absolute atomic E-state index is 0.0717. The highest BCUT2D eigenvalue weighted by Gasteiger charge is 2.07. The van der Waals surface area contributed by atoms with Crippen molar-refractivity contribution in [3.05, 3.63) is 66.0 Å². The van der Waals surface area contributed by atoms with E-state index < -0.39 is 22.9 Å². The Morgan fingerprint density at radius 2 is 2.00 bits per heavy atom. The number of nitrogens with zero attached hydrogens (tertiary/aromatic N) is 1. The lowest BCUT2D eigenvalue weighted by Crippen LogP contribution is -2.31. The van der Waals surface area contributed by atoms with Crippen molar-refractivity contribution in [3.63, 3.8) is 0 Å². The number of halogens is 3. The Morgan fingerprint density at radius 3 is 2.67 bits per heavy atom. The molecular weight excluding hydrogens is 357 g/mol. The third-order valence-electron chi connectivity index (χ3n) is 2.32. The molecule has 0 amide bonds. The van der Waals surface area contributed by atoms with E-state index >= 15 is 0 Å². The maximum Gasteiger partial charge on any atom is 0.328 e. The van der Waals surface area contributed by atoms with Crippen molar-refractivity contribution in [2.75, 3.05) is 0 Å². The quantitative estimate of drug-likeness (QED) is 0.821. The normalized spacial score (nSPS) is 10.6. The zero-order chi connectivity index (χ0) is 13.3. The van der Waals surface area contributed by atoms with Gasteiger partial charge in [-0.1, -0.05) is 6.07 Å². The van der Waals surface area contributed by atoms with Crippen molar-refractivity contribution in [1.82, 2.24) is 9.55 Å². The van der Waals surface area contributed by atoms with Crippen LogP contribution in [0.4, 0.5) is 8.78 Å². The molecule has 0 bridgehead atoms. The summed E-state index contributed by atoms with van der Waals surface area (Å²) < 4.78 is 27.6. The van der Waals surface area contributed by atoms with Crippen molar-refractivity contribution in [2.45, 2.75) is 6.54 Å². The maximum absolute atomic E-state index is 13.4. The van der Waals surface area contributed by atoms with E-state index in [-0.39, 0.29) is 12.1 Å². The number of aromatic amines is 1. The second kappa shape index (κ2) is 5.01. The standard InChI is InChI=1S/C11H7F2IN2O2/c12-7-2-1-6(8(13)3-7)4-16-5-9(14)10(17)15-11(16)18/h1-3,5H,4H2,(H,15,17,18). The maximum atomic E-state index is 13.4. The molecule has 0 spiro atoms. The Balaban J connectivity index is 2.43. The highest BCUT2D eigenvalue weighted by atomic mass is 127. The van der Waals surface area contributed by atoms with Crippen LogP contribution in [0.1, 0.15) is 5.56 Å². The summed E-state index contributed by atoms with van der Waals surface area (Å²) in [6.07, 6.45) is 1.32. The van der Waals surface area contributed by atoms with Crippen LogP contribution in [0, 0.1) is 15.2 Å². The third-order valence-corrected chi connectivity index (χ3v) is 3.09. The van der Waals surface area contributed by atoms with Gasteiger partial charge in [0.05, 0.1) is 10.1 Å². The summed E-state index contributed by atoms with van der Waals surface area (Å²) in [7, 11) is 0. The van der Waals surface area contributed by atoms with Gasteiger partial charge in [-0.15, -0.1) is 0 Å². The zero-order valence-electron chi connectivity index (χ0n) is 8.91. The second-order valence-corrected chi connectivity index (χ2v) is 4.76. The first-order chi connectivity index (χ1) is 8.47. The van der Waals surface area contributed by atoms with Gasteiger partial charge in [0.15, 0.2) is 0 Å². The lowest BCUT2D eigenvalue weighted by atomic mass is 10.2. The summed E-state index contributed by atoms with van der Waals surface area (Å²) in [5, 5.41) is 0. The molecule has 0 radical (unpaired) electrons. The van der Waals surface area contributed by atoms with Gasteiger partial charge in [0.2, 0.25) is 0 Å². The van der Waals surface area contributed by atoms with Crippen LogP contribution in [0.3, 0.4) is 0 Å². The molecule has 94 valence electrons. The first-order valence-electron chi connectivity index (χ1n) is 4.90. The smallest absolute Gasteiger partial charge is 0.295 e. The highest BCUT2D eigenvalue weighted by Crippen LogP contribution is 2.10. The lowest BCUT2D eigenvalue weighted by Gasteiger charge is -2.06. The average molecular weight is 364 g/mol. The van der Waals surface area contributed by atoms with Gasteiger partial charge in [0, 0.05) is 17.8 Å². The minimum Gasteiger partial charge on any atom is -0.295 e. The summed E-state index contributed by atoms with van der Waals surface area (Å²) in [6, 6.07) is 3.12. The molecule has 1 heterocycles. The fourth-order valence-electron chi connectivity index (χ4n) is 1.43. The van der Waals surface area contributed by atoms with Crippen LogP contribution >= 0.6 is 22.6 Å². The number of hydrogen-bond donors (Lipinski definition) is 1. The van der Waals surface area contributed by atoms with E-state index in [0.717, 1.165) is 16.7 Å².